The van der Waals surface area contributed by atoms with Crippen LogP contribution in [0.2, 0.25) is 0 Å². The van der Waals surface area contributed by atoms with Crippen molar-refractivity contribution in [3.8, 4) is 22.5 Å². The standard InChI is InChI=1S/C25H22FN7/c26-16-2-3-19-18(5-8-29-22(19)12-16)15-1-4-21-20(11-15)25(32-31-21)23-13-28-14-24(30-23)33-9-6-17(27)7-10-33/h1-5,8,11-14,17H,6-7,9-10,27H2,(H,31,32). The highest BCUT2D eigenvalue weighted by atomic mass is 19.1. The largest absolute Gasteiger partial charge is 0.355 e. The molecule has 0 spiro atoms. The number of aromatic amines is 1. The molecule has 4 heterocycles. The van der Waals surface area contributed by atoms with Crippen molar-refractivity contribution in [2.45, 2.75) is 18.9 Å². The Morgan fingerprint density at radius 2 is 1.88 bits per heavy atom. The Morgan fingerprint density at radius 3 is 2.76 bits per heavy atom. The highest BCUT2D eigenvalue weighted by molar-refractivity contribution is 5.99. The Balaban J connectivity index is 1.43. The number of rotatable bonds is 3. The first-order valence-electron chi connectivity index (χ1n) is 11.0. The van der Waals surface area contributed by atoms with Crippen molar-refractivity contribution in [1.29, 1.82) is 0 Å². The van der Waals surface area contributed by atoms with Gasteiger partial charge in [0.15, 0.2) is 0 Å². The van der Waals surface area contributed by atoms with Crippen LogP contribution < -0.4 is 10.6 Å². The molecule has 1 fully saturated rings. The summed E-state index contributed by atoms with van der Waals surface area (Å²) in [5.41, 5.74) is 11.0. The Kier molecular flexibility index (Phi) is 4.73. The highest BCUT2D eigenvalue weighted by Crippen LogP contribution is 2.33. The van der Waals surface area contributed by atoms with Crippen molar-refractivity contribution >= 4 is 27.6 Å². The van der Waals surface area contributed by atoms with Gasteiger partial charge in [-0.25, -0.2) is 9.37 Å². The van der Waals surface area contributed by atoms with Gasteiger partial charge in [0.2, 0.25) is 0 Å². The zero-order valence-corrected chi connectivity index (χ0v) is 17.9. The van der Waals surface area contributed by atoms with E-state index in [1.165, 1.54) is 12.1 Å². The van der Waals surface area contributed by atoms with Crippen LogP contribution in [0.5, 0.6) is 0 Å². The molecule has 0 aliphatic carbocycles. The van der Waals surface area contributed by atoms with Crippen molar-refractivity contribution in [3.05, 3.63) is 66.9 Å². The number of nitrogens with zero attached hydrogens (tertiary/aromatic N) is 5. The van der Waals surface area contributed by atoms with Crippen molar-refractivity contribution in [2.24, 2.45) is 5.73 Å². The zero-order chi connectivity index (χ0) is 22.4. The summed E-state index contributed by atoms with van der Waals surface area (Å²) in [4.78, 5) is 15.8. The van der Waals surface area contributed by atoms with Gasteiger partial charge in [-0.15, -0.1) is 0 Å². The van der Waals surface area contributed by atoms with E-state index >= 15 is 0 Å². The van der Waals surface area contributed by atoms with Gasteiger partial charge >= 0.3 is 0 Å². The van der Waals surface area contributed by atoms with Crippen LogP contribution in [0.15, 0.2) is 61.1 Å². The summed E-state index contributed by atoms with van der Waals surface area (Å²) >= 11 is 0. The highest BCUT2D eigenvalue weighted by Gasteiger charge is 2.19. The van der Waals surface area contributed by atoms with Crippen LogP contribution in [0.25, 0.3) is 44.3 Å². The Morgan fingerprint density at radius 1 is 1.00 bits per heavy atom. The van der Waals surface area contributed by atoms with Crippen molar-refractivity contribution in [1.82, 2.24) is 25.1 Å². The summed E-state index contributed by atoms with van der Waals surface area (Å²) in [6.07, 6.45) is 7.14. The molecule has 7 nitrogen and oxygen atoms in total. The predicted octanol–water partition coefficient (Wildman–Crippen LogP) is 4.30. The number of aromatic nitrogens is 5. The quantitative estimate of drug-likeness (QED) is 0.435. The van der Waals surface area contributed by atoms with Gasteiger partial charge in [0.05, 0.1) is 23.4 Å². The van der Waals surface area contributed by atoms with Gasteiger partial charge in [0, 0.05) is 42.2 Å². The number of nitrogens with one attached hydrogen (secondary N) is 1. The molecule has 0 radical (unpaired) electrons. The van der Waals surface area contributed by atoms with Crippen molar-refractivity contribution in [2.75, 3.05) is 18.0 Å². The third kappa shape index (κ3) is 3.58. The average molecular weight is 439 g/mol. The lowest BCUT2D eigenvalue weighted by molar-refractivity contribution is 0.498. The average Bonchev–Trinajstić information content (AvgIpc) is 3.27. The van der Waals surface area contributed by atoms with E-state index in [4.69, 9.17) is 10.7 Å². The maximum Gasteiger partial charge on any atom is 0.147 e. The molecule has 8 heteroatoms. The number of fused-ring (bicyclic) bond motifs is 2. The van der Waals surface area contributed by atoms with Gasteiger partial charge in [-0.3, -0.25) is 15.1 Å². The van der Waals surface area contributed by atoms with E-state index in [9.17, 15) is 4.39 Å². The van der Waals surface area contributed by atoms with Gasteiger partial charge in [0.25, 0.3) is 0 Å². The summed E-state index contributed by atoms with van der Waals surface area (Å²) in [7, 11) is 0. The fourth-order valence-corrected chi connectivity index (χ4v) is 4.50. The molecular formula is C25H22FN7. The molecule has 1 aliphatic rings. The third-order valence-electron chi connectivity index (χ3n) is 6.31. The van der Waals surface area contributed by atoms with E-state index in [1.54, 1.807) is 24.7 Å². The second-order valence-electron chi connectivity index (χ2n) is 8.44. The fraction of sp³-hybridized carbons (Fsp3) is 0.200. The maximum absolute atomic E-state index is 13.7. The second kappa shape index (κ2) is 7.90. The zero-order valence-electron chi connectivity index (χ0n) is 17.9. The number of pyridine rings is 1. The van der Waals surface area contributed by atoms with Gasteiger partial charge < -0.3 is 10.6 Å². The van der Waals surface area contributed by atoms with E-state index in [1.807, 2.05) is 18.2 Å². The van der Waals surface area contributed by atoms with Crippen LogP contribution in [0.1, 0.15) is 12.8 Å². The first kappa shape index (κ1) is 19.8. The monoisotopic (exact) mass is 439 g/mol. The van der Waals surface area contributed by atoms with Crippen LogP contribution in [-0.4, -0.2) is 44.3 Å². The van der Waals surface area contributed by atoms with E-state index in [2.05, 4.69) is 31.1 Å². The van der Waals surface area contributed by atoms with Gasteiger partial charge in [-0.2, -0.15) is 5.10 Å². The fourth-order valence-electron chi connectivity index (χ4n) is 4.50. The SMILES string of the molecule is NC1CCN(c2cncc(-c3n[nH]c4ccc(-c5ccnc6cc(F)ccc56)cc34)n2)CC1. The molecule has 33 heavy (non-hydrogen) atoms. The van der Waals surface area contributed by atoms with Crippen LogP contribution in [0.4, 0.5) is 10.2 Å². The second-order valence-corrected chi connectivity index (χ2v) is 8.44. The molecule has 0 bridgehead atoms. The molecule has 6 rings (SSSR count). The molecule has 164 valence electrons. The molecule has 3 aromatic heterocycles. The minimum absolute atomic E-state index is 0.256. The lowest BCUT2D eigenvalue weighted by atomic mass is 9.99. The molecule has 0 atom stereocenters. The van der Waals surface area contributed by atoms with E-state index in [-0.39, 0.29) is 11.9 Å². The molecule has 0 saturated carbocycles. The van der Waals surface area contributed by atoms with E-state index < -0.39 is 0 Å². The van der Waals surface area contributed by atoms with Crippen molar-refractivity contribution < 1.29 is 4.39 Å². The predicted molar refractivity (Wildman–Crippen MR) is 127 cm³/mol. The number of halogens is 1. The minimum atomic E-state index is -0.297. The van der Waals surface area contributed by atoms with E-state index in [0.717, 1.165) is 64.9 Å². The topological polar surface area (TPSA) is 96.6 Å². The van der Waals surface area contributed by atoms with Crippen LogP contribution in [-0.2, 0) is 0 Å². The normalized spacial score (nSPS) is 14.9. The van der Waals surface area contributed by atoms with Crippen LogP contribution in [0.3, 0.4) is 0 Å². The Labute approximate surface area is 189 Å². The smallest absolute Gasteiger partial charge is 0.147 e. The lowest BCUT2D eigenvalue weighted by Gasteiger charge is -2.30. The van der Waals surface area contributed by atoms with E-state index in [0.29, 0.717) is 11.2 Å². The Bertz CT molecular complexity index is 1470. The molecular weight excluding hydrogens is 417 g/mol. The third-order valence-corrected chi connectivity index (χ3v) is 6.31. The molecule has 3 N–H and O–H groups in total. The lowest BCUT2D eigenvalue weighted by Crippen LogP contribution is -2.40. The number of H-pyrrole nitrogens is 1. The molecule has 0 unspecified atom stereocenters. The summed E-state index contributed by atoms with van der Waals surface area (Å²) < 4.78 is 13.7. The van der Waals surface area contributed by atoms with Gasteiger partial charge in [0.1, 0.15) is 23.0 Å². The summed E-state index contributed by atoms with van der Waals surface area (Å²) in [6, 6.07) is 13.0. The number of nitrogens with two attached hydrogens (primary N) is 1. The molecule has 5 aromatic rings. The number of piperidine rings is 1. The summed E-state index contributed by atoms with van der Waals surface area (Å²) in [6.45, 7) is 1.75. The first-order chi connectivity index (χ1) is 16.2. The molecule has 1 aliphatic heterocycles. The van der Waals surface area contributed by atoms with Crippen LogP contribution >= 0.6 is 0 Å². The van der Waals surface area contributed by atoms with Crippen LogP contribution in [0, 0.1) is 5.82 Å². The molecule has 2 aromatic carbocycles. The minimum Gasteiger partial charge on any atom is -0.355 e. The molecule has 0 amide bonds. The number of hydrogen-bond acceptors (Lipinski definition) is 6. The number of anilines is 1. The number of hydrogen-bond donors (Lipinski definition) is 2. The van der Waals surface area contributed by atoms with Gasteiger partial charge in [-0.05, 0) is 54.3 Å². The summed E-state index contributed by atoms with van der Waals surface area (Å²) in [5, 5.41) is 9.50. The first-order valence-corrected chi connectivity index (χ1v) is 11.0. The maximum atomic E-state index is 13.7. The number of benzene rings is 2. The van der Waals surface area contributed by atoms with Crippen molar-refractivity contribution in [3.63, 3.8) is 0 Å². The Hall–Kier alpha value is -3.91. The summed E-state index contributed by atoms with van der Waals surface area (Å²) in [5.74, 6) is 0.544. The van der Waals surface area contributed by atoms with Gasteiger partial charge in [-0.1, -0.05) is 6.07 Å². The molecule has 1 saturated heterocycles.